The van der Waals surface area contributed by atoms with Gasteiger partial charge in [0.05, 0.1) is 0 Å². The molecule has 1 aliphatic carbocycles. The summed E-state index contributed by atoms with van der Waals surface area (Å²) >= 11 is 1.45. The van der Waals surface area contributed by atoms with Gasteiger partial charge in [0.1, 0.15) is 5.82 Å². The SMILES string of the molecule is Cc1nsc(N2C[C@H]3CC[C@@H](C2)C3Cc2nc3c(OCC(F)(F)F)ccc(C)n3n2)n1. The highest BCUT2D eigenvalue weighted by molar-refractivity contribution is 7.09. The molecule has 4 heterocycles. The van der Waals surface area contributed by atoms with Crippen LogP contribution in [0.2, 0.25) is 0 Å². The molecule has 5 rings (SSSR count). The summed E-state index contributed by atoms with van der Waals surface area (Å²) in [5, 5.41) is 5.59. The summed E-state index contributed by atoms with van der Waals surface area (Å²) in [6.45, 7) is 4.31. The smallest absolute Gasteiger partial charge is 0.422 e. The van der Waals surface area contributed by atoms with Crippen molar-refractivity contribution in [1.29, 1.82) is 0 Å². The molecule has 0 N–H and O–H groups in total. The summed E-state index contributed by atoms with van der Waals surface area (Å²) < 4.78 is 48.7. The Kier molecular flexibility index (Phi) is 5.03. The number of nitrogens with zero attached hydrogens (tertiary/aromatic N) is 6. The standard InChI is InChI=1S/C20H23F3N6OS/c1-11-3-6-16(30-10-20(21,22)23)18-25-17(26-29(11)18)7-15-13-4-5-14(15)9-28(8-13)19-24-12(2)27-31-19/h3,6,13-15H,4-5,7-10H2,1-2H3/t13-,14+,15?. The molecule has 7 nitrogen and oxygen atoms in total. The second kappa shape index (κ2) is 7.61. The molecule has 3 atom stereocenters. The number of ether oxygens (including phenoxy) is 1. The molecule has 1 saturated heterocycles. The lowest BCUT2D eigenvalue weighted by Gasteiger charge is -2.37. The highest BCUT2D eigenvalue weighted by atomic mass is 32.1. The van der Waals surface area contributed by atoms with Gasteiger partial charge in [-0.25, -0.2) is 14.5 Å². The van der Waals surface area contributed by atoms with Crippen molar-refractivity contribution in [3.63, 3.8) is 0 Å². The average molecular weight is 453 g/mol. The van der Waals surface area contributed by atoms with Crippen LogP contribution in [0.4, 0.5) is 18.3 Å². The van der Waals surface area contributed by atoms with Crippen molar-refractivity contribution in [2.24, 2.45) is 17.8 Å². The highest BCUT2D eigenvalue weighted by Crippen LogP contribution is 2.44. The Morgan fingerprint density at radius 3 is 2.52 bits per heavy atom. The van der Waals surface area contributed by atoms with Crippen LogP contribution in [0, 0.1) is 31.6 Å². The van der Waals surface area contributed by atoms with Crippen LogP contribution in [0.3, 0.4) is 0 Å². The second-order valence-corrected chi connectivity index (χ2v) is 9.23. The Labute approximate surface area is 181 Å². The largest absolute Gasteiger partial charge is 0.480 e. The number of pyridine rings is 1. The zero-order chi connectivity index (χ0) is 21.8. The molecule has 2 fully saturated rings. The van der Waals surface area contributed by atoms with Gasteiger partial charge in [0, 0.05) is 36.7 Å². The maximum absolute atomic E-state index is 12.6. The van der Waals surface area contributed by atoms with Crippen molar-refractivity contribution in [3.05, 3.63) is 29.5 Å². The van der Waals surface area contributed by atoms with E-state index in [1.807, 2.05) is 13.8 Å². The lowest BCUT2D eigenvalue weighted by Crippen LogP contribution is -2.42. The van der Waals surface area contributed by atoms with Gasteiger partial charge in [-0.15, -0.1) is 0 Å². The van der Waals surface area contributed by atoms with Gasteiger partial charge in [-0.3, -0.25) is 0 Å². The number of anilines is 1. The summed E-state index contributed by atoms with van der Waals surface area (Å²) in [5.74, 6) is 3.08. The maximum Gasteiger partial charge on any atom is 0.422 e. The third-order valence-electron chi connectivity index (χ3n) is 6.31. The van der Waals surface area contributed by atoms with E-state index in [-0.39, 0.29) is 5.75 Å². The van der Waals surface area contributed by atoms with Crippen LogP contribution in [-0.2, 0) is 6.42 Å². The van der Waals surface area contributed by atoms with Crippen molar-refractivity contribution >= 4 is 22.3 Å². The summed E-state index contributed by atoms with van der Waals surface area (Å²) in [6, 6.07) is 3.23. The molecule has 3 aromatic heterocycles. The van der Waals surface area contributed by atoms with E-state index in [4.69, 9.17) is 4.74 Å². The highest BCUT2D eigenvalue weighted by Gasteiger charge is 2.43. The van der Waals surface area contributed by atoms with Crippen LogP contribution in [0.5, 0.6) is 5.75 Å². The number of fused-ring (bicyclic) bond motifs is 3. The summed E-state index contributed by atoms with van der Waals surface area (Å²) in [6.07, 6.45) is -1.35. The molecule has 0 aromatic carbocycles. The summed E-state index contributed by atoms with van der Waals surface area (Å²) in [4.78, 5) is 11.4. The third-order valence-corrected chi connectivity index (χ3v) is 7.18. The van der Waals surface area contributed by atoms with E-state index >= 15 is 0 Å². The van der Waals surface area contributed by atoms with E-state index in [0.29, 0.717) is 29.2 Å². The van der Waals surface area contributed by atoms with Crippen LogP contribution in [0.15, 0.2) is 12.1 Å². The van der Waals surface area contributed by atoms with Gasteiger partial charge < -0.3 is 9.64 Å². The zero-order valence-electron chi connectivity index (χ0n) is 17.3. The minimum absolute atomic E-state index is 0.103. The quantitative estimate of drug-likeness (QED) is 0.586. The molecule has 11 heteroatoms. The van der Waals surface area contributed by atoms with Gasteiger partial charge in [-0.1, -0.05) is 0 Å². The van der Waals surface area contributed by atoms with E-state index in [1.165, 1.54) is 17.6 Å². The number of hydrogen-bond acceptors (Lipinski definition) is 7. The lowest BCUT2D eigenvalue weighted by molar-refractivity contribution is -0.153. The molecule has 0 spiro atoms. The van der Waals surface area contributed by atoms with Crippen LogP contribution in [-0.4, -0.2) is 49.8 Å². The van der Waals surface area contributed by atoms with E-state index in [2.05, 4.69) is 24.3 Å². The first-order chi connectivity index (χ1) is 14.8. The molecule has 31 heavy (non-hydrogen) atoms. The summed E-state index contributed by atoms with van der Waals surface area (Å²) in [5.41, 5.74) is 1.14. The average Bonchev–Trinajstić information content (AvgIpc) is 3.38. The molecular weight excluding hydrogens is 429 g/mol. The van der Waals surface area contributed by atoms with Crippen molar-refractivity contribution in [1.82, 2.24) is 24.0 Å². The first-order valence-corrected chi connectivity index (χ1v) is 11.1. The predicted molar refractivity (Wildman–Crippen MR) is 110 cm³/mol. The molecule has 2 aliphatic rings. The minimum Gasteiger partial charge on any atom is -0.480 e. The minimum atomic E-state index is -4.40. The normalized spacial score (nSPS) is 23.6. The Balaban J connectivity index is 1.34. The number of aryl methyl sites for hydroxylation is 2. The molecule has 1 aliphatic heterocycles. The van der Waals surface area contributed by atoms with Crippen LogP contribution >= 0.6 is 11.5 Å². The Morgan fingerprint density at radius 2 is 1.87 bits per heavy atom. The van der Waals surface area contributed by atoms with Crippen molar-refractivity contribution in [2.45, 2.75) is 39.3 Å². The molecule has 0 amide bonds. The fourth-order valence-corrected chi connectivity index (χ4v) is 5.60. The Morgan fingerprint density at radius 1 is 1.13 bits per heavy atom. The Hall–Kier alpha value is -2.43. The number of halogens is 3. The third kappa shape index (κ3) is 4.07. The van der Waals surface area contributed by atoms with Gasteiger partial charge in [0.15, 0.2) is 23.8 Å². The van der Waals surface area contributed by atoms with Gasteiger partial charge in [-0.2, -0.15) is 22.6 Å². The molecule has 1 unspecified atom stereocenters. The number of aromatic nitrogens is 5. The van der Waals surface area contributed by atoms with Gasteiger partial charge >= 0.3 is 6.18 Å². The van der Waals surface area contributed by atoms with Crippen molar-refractivity contribution in [2.75, 3.05) is 24.6 Å². The lowest BCUT2D eigenvalue weighted by atomic mass is 9.82. The van der Waals surface area contributed by atoms with E-state index in [1.54, 1.807) is 10.6 Å². The maximum atomic E-state index is 12.6. The van der Waals surface area contributed by atoms with Crippen LogP contribution in [0.1, 0.15) is 30.2 Å². The molecule has 2 bridgehead atoms. The second-order valence-electron chi connectivity index (χ2n) is 8.50. The topological polar surface area (TPSA) is 68.4 Å². The fourth-order valence-electron chi connectivity index (χ4n) is 4.91. The Bertz CT molecular complexity index is 1080. The number of rotatable bonds is 5. The van der Waals surface area contributed by atoms with Gasteiger partial charge in [0.25, 0.3) is 0 Å². The van der Waals surface area contributed by atoms with Crippen molar-refractivity contribution in [3.8, 4) is 5.75 Å². The van der Waals surface area contributed by atoms with Gasteiger partial charge in [-0.05, 0) is 56.6 Å². The van der Waals surface area contributed by atoms with Crippen LogP contribution < -0.4 is 9.64 Å². The first-order valence-electron chi connectivity index (χ1n) is 10.4. The van der Waals surface area contributed by atoms with E-state index < -0.39 is 12.8 Å². The summed E-state index contributed by atoms with van der Waals surface area (Å²) in [7, 11) is 0. The monoisotopic (exact) mass is 452 g/mol. The molecule has 0 radical (unpaired) electrons. The number of alkyl halides is 3. The predicted octanol–water partition coefficient (Wildman–Crippen LogP) is 3.84. The molecule has 166 valence electrons. The van der Waals surface area contributed by atoms with E-state index in [0.717, 1.165) is 49.0 Å². The van der Waals surface area contributed by atoms with Crippen molar-refractivity contribution < 1.29 is 17.9 Å². The van der Waals surface area contributed by atoms with E-state index in [9.17, 15) is 13.2 Å². The fraction of sp³-hybridized carbons (Fsp3) is 0.600. The molecular formula is C20H23F3N6OS. The molecule has 1 saturated carbocycles. The first kappa shape index (κ1) is 20.5. The molecule has 3 aromatic rings. The number of hydrogen-bond donors (Lipinski definition) is 0. The number of piperidine rings is 1. The van der Waals surface area contributed by atoms with Gasteiger partial charge in [0.2, 0.25) is 5.13 Å². The zero-order valence-corrected chi connectivity index (χ0v) is 18.1. The van der Waals surface area contributed by atoms with Crippen LogP contribution in [0.25, 0.3) is 5.65 Å².